The van der Waals surface area contributed by atoms with Crippen molar-refractivity contribution in [2.24, 2.45) is 5.73 Å². The van der Waals surface area contributed by atoms with Crippen LogP contribution in [0.5, 0.6) is 0 Å². The van der Waals surface area contributed by atoms with E-state index in [-0.39, 0.29) is 23.2 Å². The summed E-state index contributed by atoms with van der Waals surface area (Å²) in [6.45, 7) is 2.69. The Labute approximate surface area is 119 Å². The molecule has 0 fully saturated rings. The second kappa shape index (κ2) is 7.47. The zero-order valence-electron chi connectivity index (χ0n) is 11.0. The number of nitrogens with one attached hydrogen (secondary N) is 1. The predicted octanol–water partition coefficient (Wildman–Crippen LogP) is 0.899. The second-order valence-corrected chi connectivity index (χ2v) is 6.13. The van der Waals surface area contributed by atoms with E-state index < -0.39 is 9.84 Å². The topological polar surface area (TPSA) is 89.3 Å². The van der Waals surface area contributed by atoms with Crippen molar-refractivity contribution in [2.45, 2.75) is 18.2 Å². The molecular formula is C12H19ClN2O3S. The summed E-state index contributed by atoms with van der Waals surface area (Å²) in [5.74, 6) is -0.284. The predicted molar refractivity (Wildman–Crippen MR) is 77.5 cm³/mol. The van der Waals surface area contributed by atoms with Crippen LogP contribution in [0.4, 0.5) is 0 Å². The highest BCUT2D eigenvalue weighted by Crippen LogP contribution is 2.16. The Morgan fingerprint density at radius 2 is 2.00 bits per heavy atom. The van der Waals surface area contributed by atoms with E-state index in [1.165, 1.54) is 6.07 Å². The van der Waals surface area contributed by atoms with E-state index in [9.17, 15) is 13.2 Å². The maximum Gasteiger partial charge on any atom is 0.251 e. The lowest BCUT2D eigenvalue weighted by molar-refractivity contribution is 0.0953. The van der Waals surface area contributed by atoms with Crippen LogP contribution < -0.4 is 11.1 Å². The fourth-order valence-electron chi connectivity index (χ4n) is 1.55. The number of sulfone groups is 1. The van der Waals surface area contributed by atoms with Gasteiger partial charge in [0.1, 0.15) is 0 Å². The lowest BCUT2D eigenvalue weighted by Gasteiger charge is -2.08. The number of hydrogen-bond acceptors (Lipinski definition) is 4. The van der Waals surface area contributed by atoms with E-state index in [0.717, 1.165) is 6.26 Å². The SMILES string of the molecule is Cc1ccc(C(=O)NCCCN)cc1S(C)(=O)=O.Cl. The third-order valence-electron chi connectivity index (χ3n) is 2.52. The van der Waals surface area contributed by atoms with Crippen molar-refractivity contribution in [3.8, 4) is 0 Å². The molecule has 0 saturated heterocycles. The number of carbonyl (C=O) groups is 1. The summed E-state index contributed by atoms with van der Waals surface area (Å²) in [5.41, 5.74) is 6.30. The first kappa shape index (κ1) is 17.9. The number of nitrogens with two attached hydrogens (primary N) is 1. The Bertz CT molecular complexity index is 544. The highest BCUT2D eigenvalue weighted by atomic mass is 35.5. The number of amides is 1. The molecule has 0 saturated carbocycles. The highest BCUT2D eigenvalue weighted by Gasteiger charge is 2.14. The molecule has 0 aromatic heterocycles. The van der Waals surface area contributed by atoms with Gasteiger partial charge in [0, 0.05) is 18.4 Å². The third kappa shape index (κ3) is 5.18. The number of hydrogen-bond donors (Lipinski definition) is 2. The summed E-state index contributed by atoms with van der Waals surface area (Å²) in [6, 6.07) is 4.65. The molecule has 0 atom stereocenters. The van der Waals surface area contributed by atoms with Crippen molar-refractivity contribution in [2.75, 3.05) is 19.3 Å². The van der Waals surface area contributed by atoms with Gasteiger partial charge in [0.05, 0.1) is 4.90 Å². The van der Waals surface area contributed by atoms with Gasteiger partial charge >= 0.3 is 0 Å². The van der Waals surface area contributed by atoms with Crippen LogP contribution in [0, 0.1) is 6.92 Å². The van der Waals surface area contributed by atoms with Gasteiger partial charge in [-0.25, -0.2) is 8.42 Å². The minimum atomic E-state index is -3.31. The first-order valence-electron chi connectivity index (χ1n) is 5.65. The molecule has 0 aliphatic rings. The fraction of sp³-hybridized carbons (Fsp3) is 0.417. The van der Waals surface area contributed by atoms with Crippen molar-refractivity contribution >= 4 is 28.2 Å². The molecule has 0 bridgehead atoms. The van der Waals surface area contributed by atoms with Crippen LogP contribution >= 0.6 is 12.4 Å². The summed E-state index contributed by atoms with van der Waals surface area (Å²) in [5, 5.41) is 2.68. The lowest BCUT2D eigenvalue weighted by Crippen LogP contribution is -2.26. The van der Waals surface area contributed by atoms with Gasteiger partial charge < -0.3 is 11.1 Å². The zero-order valence-corrected chi connectivity index (χ0v) is 12.6. The molecular weight excluding hydrogens is 288 g/mol. The lowest BCUT2D eigenvalue weighted by atomic mass is 10.1. The van der Waals surface area contributed by atoms with Crippen LogP contribution in [0.2, 0.25) is 0 Å². The van der Waals surface area contributed by atoms with Gasteiger partial charge in [-0.2, -0.15) is 0 Å². The smallest absolute Gasteiger partial charge is 0.251 e. The summed E-state index contributed by atoms with van der Waals surface area (Å²) in [4.78, 5) is 12.0. The van der Waals surface area contributed by atoms with Crippen molar-refractivity contribution in [3.63, 3.8) is 0 Å². The first-order valence-corrected chi connectivity index (χ1v) is 7.54. The van der Waals surface area contributed by atoms with Crippen LogP contribution in [-0.2, 0) is 9.84 Å². The van der Waals surface area contributed by atoms with Gasteiger partial charge in [0.25, 0.3) is 5.91 Å². The van der Waals surface area contributed by atoms with Gasteiger partial charge in [-0.05, 0) is 37.6 Å². The van der Waals surface area contributed by atoms with E-state index in [1.807, 2.05) is 0 Å². The molecule has 0 aliphatic carbocycles. The Morgan fingerprint density at radius 3 is 2.53 bits per heavy atom. The van der Waals surface area contributed by atoms with Crippen LogP contribution in [0.15, 0.2) is 23.1 Å². The first-order chi connectivity index (χ1) is 8.36. The van der Waals surface area contributed by atoms with Crippen molar-refractivity contribution in [3.05, 3.63) is 29.3 Å². The number of aryl methyl sites for hydroxylation is 1. The molecule has 0 unspecified atom stereocenters. The molecule has 0 spiro atoms. The van der Waals surface area contributed by atoms with Gasteiger partial charge in [-0.3, -0.25) is 4.79 Å². The Hall–Kier alpha value is -1.11. The highest BCUT2D eigenvalue weighted by molar-refractivity contribution is 7.90. The number of carbonyl (C=O) groups excluding carboxylic acids is 1. The molecule has 0 heterocycles. The molecule has 1 rings (SSSR count). The van der Waals surface area contributed by atoms with E-state index >= 15 is 0 Å². The number of halogens is 1. The molecule has 1 aromatic carbocycles. The average Bonchev–Trinajstić information content (AvgIpc) is 2.28. The largest absolute Gasteiger partial charge is 0.352 e. The maximum atomic E-state index is 11.8. The number of benzene rings is 1. The third-order valence-corrected chi connectivity index (χ3v) is 3.76. The molecule has 0 aliphatic heterocycles. The van der Waals surface area contributed by atoms with Gasteiger partial charge in [-0.15, -0.1) is 12.4 Å². The molecule has 1 aromatic rings. The zero-order chi connectivity index (χ0) is 13.8. The molecule has 3 N–H and O–H groups in total. The van der Waals surface area contributed by atoms with Gasteiger partial charge in [-0.1, -0.05) is 6.07 Å². The maximum absolute atomic E-state index is 11.8. The summed E-state index contributed by atoms with van der Waals surface area (Å²) in [7, 11) is -3.31. The average molecular weight is 307 g/mol. The van der Waals surface area contributed by atoms with Crippen molar-refractivity contribution < 1.29 is 13.2 Å². The van der Waals surface area contributed by atoms with E-state index in [1.54, 1.807) is 19.1 Å². The normalized spacial score (nSPS) is 10.7. The monoisotopic (exact) mass is 306 g/mol. The minimum Gasteiger partial charge on any atom is -0.352 e. The quantitative estimate of drug-likeness (QED) is 0.791. The summed E-state index contributed by atoms with van der Waals surface area (Å²) < 4.78 is 23.1. The second-order valence-electron chi connectivity index (χ2n) is 4.15. The number of rotatable bonds is 5. The van der Waals surface area contributed by atoms with Crippen LogP contribution in [0.25, 0.3) is 0 Å². The molecule has 108 valence electrons. The van der Waals surface area contributed by atoms with Crippen LogP contribution in [0.3, 0.4) is 0 Å². The Balaban J connectivity index is 0.00000324. The van der Waals surface area contributed by atoms with E-state index in [2.05, 4.69) is 5.32 Å². The van der Waals surface area contributed by atoms with Crippen molar-refractivity contribution in [1.29, 1.82) is 0 Å². The Morgan fingerprint density at radius 1 is 1.37 bits per heavy atom. The van der Waals surface area contributed by atoms with E-state index in [0.29, 0.717) is 30.6 Å². The summed E-state index contributed by atoms with van der Waals surface area (Å²) in [6.07, 6.45) is 1.82. The Kier molecular flexibility index (Phi) is 7.04. The minimum absolute atomic E-state index is 0. The summed E-state index contributed by atoms with van der Waals surface area (Å²) >= 11 is 0. The molecule has 19 heavy (non-hydrogen) atoms. The molecule has 5 nitrogen and oxygen atoms in total. The van der Waals surface area contributed by atoms with Gasteiger partial charge in [0.15, 0.2) is 9.84 Å². The molecule has 0 radical (unpaired) electrons. The van der Waals surface area contributed by atoms with Gasteiger partial charge in [0.2, 0.25) is 0 Å². The van der Waals surface area contributed by atoms with Crippen molar-refractivity contribution in [1.82, 2.24) is 5.32 Å². The molecule has 7 heteroatoms. The standard InChI is InChI=1S/C12H18N2O3S.ClH/c1-9-4-5-10(8-11(9)18(2,16)17)12(15)14-7-3-6-13;/h4-5,8H,3,6-7,13H2,1-2H3,(H,14,15);1H. The molecule has 1 amide bonds. The van der Waals surface area contributed by atoms with Crippen LogP contribution in [0.1, 0.15) is 22.3 Å². The van der Waals surface area contributed by atoms with E-state index in [4.69, 9.17) is 5.73 Å². The fourth-order valence-corrected chi connectivity index (χ4v) is 2.54. The van der Waals surface area contributed by atoms with Crippen LogP contribution in [-0.4, -0.2) is 33.7 Å².